The number of nitrogens with zero attached hydrogens (tertiary/aromatic N) is 6. The van der Waals surface area contributed by atoms with Crippen molar-refractivity contribution in [3.8, 4) is 17.5 Å². The minimum atomic E-state index is -0.468. The lowest BCUT2D eigenvalue weighted by atomic mass is 9.72. The van der Waals surface area contributed by atoms with Crippen molar-refractivity contribution >= 4 is 17.3 Å². The molecule has 3 atom stereocenters. The van der Waals surface area contributed by atoms with E-state index in [9.17, 15) is 10.1 Å². The first-order valence-corrected chi connectivity index (χ1v) is 12.5. The first kappa shape index (κ1) is 22.0. The van der Waals surface area contributed by atoms with E-state index in [0.717, 1.165) is 61.4 Å². The third kappa shape index (κ3) is 3.93. The lowest BCUT2D eigenvalue weighted by Crippen LogP contribution is -2.55. The smallest absolute Gasteiger partial charge is 0.309 e. The van der Waals surface area contributed by atoms with Crippen LogP contribution in [0.15, 0.2) is 30.7 Å². The molecule has 5 heterocycles. The van der Waals surface area contributed by atoms with Gasteiger partial charge in [-0.25, -0.2) is 9.50 Å². The fraction of sp³-hybridized carbons (Fsp3) is 0.519. The summed E-state index contributed by atoms with van der Waals surface area (Å²) >= 11 is 0. The van der Waals surface area contributed by atoms with Crippen molar-refractivity contribution in [3.05, 3.63) is 41.9 Å². The number of aromatic nitrogens is 4. The Balaban J connectivity index is 1.39. The molecule has 180 valence electrons. The quantitative estimate of drug-likeness (QED) is 0.518. The average Bonchev–Trinajstić information content (AvgIpc) is 3.62. The minimum Gasteiger partial charge on any atom is -0.460 e. The normalized spacial score (nSPS) is 23.9. The van der Waals surface area contributed by atoms with Crippen molar-refractivity contribution in [2.24, 2.45) is 11.8 Å². The summed E-state index contributed by atoms with van der Waals surface area (Å²) in [5, 5.41) is 14.0. The number of hydrogen-bond acceptors (Lipinski definition) is 7. The number of anilines is 1. The molecule has 0 spiro atoms. The molecular formula is C27H30N6O2. The summed E-state index contributed by atoms with van der Waals surface area (Å²) < 4.78 is 7.71. The zero-order valence-corrected chi connectivity index (χ0v) is 20.4. The molecule has 0 unspecified atom stereocenters. The molecule has 2 aliphatic heterocycles. The Bertz CT molecular complexity index is 1350. The average molecular weight is 471 g/mol. The third-order valence-electron chi connectivity index (χ3n) is 7.55. The molecule has 4 aliphatic rings. The van der Waals surface area contributed by atoms with Gasteiger partial charge in [-0.2, -0.15) is 10.4 Å². The molecule has 2 saturated carbocycles. The molecule has 2 aliphatic carbocycles. The van der Waals surface area contributed by atoms with E-state index in [-0.39, 0.29) is 23.8 Å². The van der Waals surface area contributed by atoms with E-state index in [2.05, 4.69) is 27.1 Å². The van der Waals surface area contributed by atoms with Gasteiger partial charge in [-0.3, -0.25) is 9.78 Å². The summed E-state index contributed by atoms with van der Waals surface area (Å²) in [4.78, 5) is 24.7. The van der Waals surface area contributed by atoms with E-state index in [1.54, 1.807) is 18.6 Å². The SMILES string of the molecule is CC(C)(C)OC(=O)[C@@H]1C[C@@H]2CC[C@H]1CN2c1ncnn2c(-c3cc(C#N)ccn3)cc(C3CC3)c12. The molecule has 35 heavy (non-hydrogen) atoms. The summed E-state index contributed by atoms with van der Waals surface area (Å²) in [6.07, 6.45) is 8.50. The number of fused-ring (bicyclic) bond motifs is 4. The van der Waals surface area contributed by atoms with Crippen LogP contribution in [0.3, 0.4) is 0 Å². The number of nitriles is 1. The van der Waals surface area contributed by atoms with Crippen LogP contribution in [0.25, 0.3) is 16.9 Å². The standard InChI is InChI=1S/C27H30N6O2/c1-27(2,3)35-26(34)21-11-19-7-6-18(21)14-32(19)25-24-20(17-4-5-17)12-23(33(24)31-15-30-25)22-10-16(13-28)8-9-29-22/h8-10,12,15,17-19,21H,4-7,11,14H2,1-3H3/t18-,19-,21+/m0/s1. The number of carbonyl (C=O) groups is 1. The maximum Gasteiger partial charge on any atom is 0.309 e. The molecule has 7 rings (SSSR count). The topological polar surface area (TPSA) is 96.4 Å². The highest BCUT2D eigenvalue weighted by Crippen LogP contribution is 2.48. The van der Waals surface area contributed by atoms with Gasteiger partial charge in [0.25, 0.3) is 0 Å². The molecule has 2 saturated heterocycles. The minimum absolute atomic E-state index is 0.0507. The van der Waals surface area contributed by atoms with Crippen LogP contribution in [0.4, 0.5) is 5.82 Å². The second kappa shape index (κ2) is 8.04. The highest BCUT2D eigenvalue weighted by molar-refractivity contribution is 5.81. The van der Waals surface area contributed by atoms with Crippen LogP contribution < -0.4 is 4.90 Å². The van der Waals surface area contributed by atoms with Gasteiger partial charge in [0, 0.05) is 18.8 Å². The van der Waals surface area contributed by atoms with Crippen LogP contribution in [-0.4, -0.2) is 43.7 Å². The van der Waals surface area contributed by atoms with E-state index in [1.165, 1.54) is 5.56 Å². The Labute approximate surface area is 204 Å². The first-order valence-electron chi connectivity index (χ1n) is 12.5. The maximum absolute atomic E-state index is 12.9. The van der Waals surface area contributed by atoms with Crippen LogP contribution in [0, 0.1) is 23.2 Å². The number of esters is 1. The highest BCUT2D eigenvalue weighted by Gasteiger charge is 2.46. The summed E-state index contributed by atoms with van der Waals surface area (Å²) in [6, 6.07) is 8.17. The monoisotopic (exact) mass is 470 g/mol. The zero-order chi connectivity index (χ0) is 24.3. The van der Waals surface area contributed by atoms with E-state index in [0.29, 0.717) is 11.5 Å². The number of ether oxygens (including phenoxy) is 1. The van der Waals surface area contributed by atoms with Gasteiger partial charge in [0.05, 0.1) is 28.9 Å². The van der Waals surface area contributed by atoms with Gasteiger partial charge in [0.1, 0.15) is 17.4 Å². The summed E-state index contributed by atoms with van der Waals surface area (Å²) in [7, 11) is 0. The molecule has 0 radical (unpaired) electrons. The van der Waals surface area contributed by atoms with E-state index < -0.39 is 5.60 Å². The van der Waals surface area contributed by atoms with Crippen LogP contribution >= 0.6 is 0 Å². The van der Waals surface area contributed by atoms with Gasteiger partial charge < -0.3 is 9.64 Å². The Morgan fingerprint density at radius 1 is 1.17 bits per heavy atom. The molecule has 4 fully saturated rings. The maximum atomic E-state index is 12.9. The molecule has 8 heteroatoms. The Morgan fingerprint density at radius 2 is 2.00 bits per heavy atom. The van der Waals surface area contributed by atoms with Crippen molar-refractivity contribution in [3.63, 3.8) is 0 Å². The fourth-order valence-electron chi connectivity index (χ4n) is 5.83. The van der Waals surface area contributed by atoms with Gasteiger partial charge in [-0.1, -0.05) is 0 Å². The second-order valence-electron chi connectivity index (χ2n) is 11.2. The van der Waals surface area contributed by atoms with Gasteiger partial charge in [0.2, 0.25) is 0 Å². The van der Waals surface area contributed by atoms with Crippen molar-refractivity contribution in [2.45, 2.75) is 70.4 Å². The van der Waals surface area contributed by atoms with Crippen LogP contribution in [0.5, 0.6) is 0 Å². The number of rotatable bonds is 4. The highest BCUT2D eigenvalue weighted by atomic mass is 16.6. The molecule has 2 bridgehead atoms. The van der Waals surface area contributed by atoms with Gasteiger partial charge >= 0.3 is 5.97 Å². The predicted molar refractivity (Wildman–Crippen MR) is 131 cm³/mol. The first-order chi connectivity index (χ1) is 16.8. The van der Waals surface area contributed by atoms with E-state index in [1.807, 2.05) is 31.4 Å². The molecule has 8 nitrogen and oxygen atoms in total. The number of pyridine rings is 1. The largest absolute Gasteiger partial charge is 0.460 e. The van der Waals surface area contributed by atoms with Crippen molar-refractivity contribution in [2.75, 3.05) is 11.4 Å². The zero-order valence-electron chi connectivity index (χ0n) is 20.4. The Morgan fingerprint density at radius 3 is 2.69 bits per heavy atom. The Hall–Kier alpha value is -3.47. The summed E-state index contributed by atoms with van der Waals surface area (Å²) in [5.41, 5.74) is 4.02. The molecule has 3 aromatic heterocycles. The van der Waals surface area contributed by atoms with Gasteiger partial charge in [-0.05, 0) is 88.5 Å². The lowest BCUT2D eigenvalue weighted by Gasteiger charge is -2.49. The van der Waals surface area contributed by atoms with Crippen molar-refractivity contribution in [1.29, 1.82) is 5.26 Å². The molecule has 0 amide bonds. The third-order valence-corrected chi connectivity index (χ3v) is 7.55. The Kier molecular flexibility index (Phi) is 5.06. The number of carbonyl (C=O) groups excluding carboxylic acids is 1. The van der Waals surface area contributed by atoms with Gasteiger partial charge in [0.15, 0.2) is 5.82 Å². The van der Waals surface area contributed by atoms with Crippen LogP contribution in [-0.2, 0) is 9.53 Å². The molecule has 3 aromatic rings. The summed E-state index contributed by atoms with van der Waals surface area (Å²) in [5.74, 6) is 1.59. The van der Waals surface area contributed by atoms with E-state index in [4.69, 9.17) is 9.72 Å². The van der Waals surface area contributed by atoms with Crippen LogP contribution in [0.2, 0.25) is 0 Å². The predicted octanol–water partition coefficient (Wildman–Crippen LogP) is 4.49. The molecular weight excluding hydrogens is 440 g/mol. The van der Waals surface area contributed by atoms with Crippen molar-refractivity contribution in [1.82, 2.24) is 19.6 Å². The molecule has 0 aromatic carbocycles. The summed E-state index contributed by atoms with van der Waals surface area (Å²) in [6.45, 7) is 6.59. The second-order valence-corrected chi connectivity index (χ2v) is 11.2. The van der Waals surface area contributed by atoms with Crippen molar-refractivity contribution < 1.29 is 9.53 Å². The lowest BCUT2D eigenvalue weighted by molar-refractivity contribution is -0.164. The fourth-order valence-corrected chi connectivity index (χ4v) is 5.83. The number of piperidine rings is 2. The molecule has 0 N–H and O–H groups in total. The van der Waals surface area contributed by atoms with Gasteiger partial charge in [-0.15, -0.1) is 0 Å². The van der Waals surface area contributed by atoms with Crippen LogP contribution in [0.1, 0.15) is 69.9 Å². The number of hydrogen-bond donors (Lipinski definition) is 0. The van der Waals surface area contributed by atoms with E-state index >= 15 is 0 Å².